The first-order valence-corrected chi connectivity index (χ1v) is 9.92. The second-order valence-electron chi connectivity index (χ2n) is 5.37. The fourth-order valence-corrected chi connectivity index (χ4v) is 4.23. The topological polar surface area (TPSA) is 43.6 Å². The highest BCUT2D eigenvalue weighted by Gasteiger charge is 2.09. The summed E-state index contributed by atoms with van der Waals surface area (Å²) in [5, 5.41) is 0. The minimum atomic E-state index is -0.217. The van der Waals surface area contributed by atoms with Crippen molar-refractivity contribution in [2.24, 2.45) is 4.99 Å². The number of benzene rings is 2. The van der Waals surface area contributed by atoms with E-state index in [1.165, 1.54) is 11.3 Å². The van der Waals surface area contributed by atoms with Gasteiger partial charge in [0.05, 0.1) is 16.8 Å². The van der Waals surface area contributed by atoms with Crippen LogP contribution >= 0.6 is 23.1 Å². The third-order valence-corrected chi connectivity index (χ3v) is 5.67. The number of hydrogen-bond acceptors (Lipinski definition) is 4. The molecule has 6 heteroatoms. The van der Waals surface area contributed by atoms with E-state index in [2.05, 4.69) is 11.9 Å². The maximum atomic E-state index is 12.6. The minimum Gasteiger partial charge on any atom is -0.383 e. The first-order chi connectivity index (χ1) is 12.2. The highest BCUT2D eigenvalue weighted by Crippen LogP contribution is 2.19. The average molecular weight is 373 g/mol. The summed E-state index contributed by atoms with van der Waals surface area (Å²) in [7, 11) is 1.67. The minimum absolute atomic E-state index is 0.217. The van der Waals surface area contributed by atoms with E-state index in [9.17, 15) is 4.79 Å². The molecule has 4 nitrogen and oxygen atoms in total. The number of thioether (sulfide) groups is 1. The Morgan fingerprint density at radius 2 is 1.96 bits per heavy atom. The van der Waals surface area contributed by atoms with Crippen molar-refractivity contribution in [1.29, 1.82) is 0 Å². The van der Waals surface area contributed by atoms with Gasteiger partial charge in [-0.15, -0.1) is 11.8 Å². The maximum Gasteiger partial charge on any atom is 0.279 e. The van der Waals surface area contributed by atoms with Crippen LogP contribution in [0.5, 0.6) is 0 Å². The molecule has 0 N–H and O–H groups in total. The highest BCUT2D eigenvalue weighted by atomic mass is 32.2. The molecule has 0 unspecified atom stereocenters. The molecule has 0 saturated heterocycles. The molecule has 3 rings (SSSR count). The number of para-hydroxylation sites is 1. The van der Waals surface area contributed by atoms with Crippen LogP contribution in [0.1, 0.15) is 17.3 Å². The maximum absolute atomic E-state index is 12.6. The lowest BCUT2D eigenvalue weighted by atomic mass is 10.2. The Kier molecular flexibility index (Phi) is 6.07. The molecule has 2 aromatic carbocycles. The largest absolute Gasteiger partial charge is 0.383 e. The summed E-state index contributed by atoms with van der Waals surface area (Å²) in [4.78, 5) is 18.8. The molecule has 0 bridgehead atoms. The number of carbonyl (C=O) groups is 1. The molecule has 3 aromatic rings. The monoisotopic (exact) mass is 372 g/mol. The zero-order valence-electron chi connectivity index (χ0n) is 14.3. The Hall–Kier alpha value is -1.89. The molecule has 0 radical (unpaired) electrons. The van der Waals surface area contributed by atoms with E-state index in [-0.39, 0.29) is 5.91 Å². The molecule has 0 saturated carbocycles. The molecule has 0 aliphatic rings. The molecule has 130 valence electrons. The number of aromatic nitrogens is 1. The summed E-state index contributed by atoms with van der Waals surface area (Å²) in [6.07, 6.45) is 0. The van der Waals surface area contributed by atoms with Gasteiger partial charge in [-0.1, -0.05) is 30.4 Å². The van der Waals surface area contributed by atoms with Crippen molar-refractivity contribution < 1.29 is 9.53 Å². The number of carbonyl (C=O) groups excluding carboxylic acids is 1. The number of methoxy groups -OCH3 is 1. The van der Waals surface area contributed by atoms with E-state index >= 15 is 0 Å². The van der Waals surface area contributed by atoms with Crippen molar-refractivity contribution in [3.8, 4) is 0 Å². The van der Waals surface area contributed by atoms with Crippen molar-refractivity contribution in [3.05, 3.63) is 58.9 Å². The van der Waals surface area contributed by atoms with Gasteiger partial charge in [-0.25, -0.2) is 0 Å². The zero-order chi connectivity index (χ0) is 17.6. The van der Waals surface area contributed by atoms with E-state index in [1.807, 2.05) is 53.1 Å². The Bertz CT molecular complexity index is 926. The highest BCUT2D eigenvalue weighted by molar-refractivity contribution is 7.99. The zero-order valence-corrected chi connectivity index (χ0v) is 15.9. The van der Waals surface area contributed by atoms with Crippen LogP contribution in [0.15, 0.2) is 58.4 Å². The summed E-state index contributed by atoms with van der Waals surface area (Å²) in [5.74, 6) is 0.796. The number of rotatable bonds is 6. The molecular formula is C19H20N2O2S2. The summed E-state index contributed by atoms with van der Waals surface area (Å²) < 4.78 is 8.36. The summed E-state index contributed by atoms with van der Waals surface area (Å²) in [6.45, 7) is 3.35. The third kappa shape index (κ3) is 4.21. The van der Waals surface area contributed by atoms with Crippen LogP contribution in [0, 0.1) is 0 Å². The molecule has 1 aromatic heterocycles. The van der Waals surface area contributed by atoms with Crippen LogP contribution in [-0.4, -0.2) is 29.9 Å². The number of amides is 1. The number of nitrogens with zero attached hydrogens (tertiary/aromatic N) is 2. The summed E-state index contributed by atoms with van der Waals surface area (Å²) in [5.41, 5.74) is 1.68. The smallest absolute Gasteiger partial charge is 0.279 e. The Morgan fingerprint density at radius 3 is 2.68 bits per heavy atom. The van der Waals surface area contributed by atoms with Gasteiger partial charge in [0, 0.05) is 24.1 Å². The van der Waals surface area contributed by atoms with Gasteiger partial charge in [0.25, 0.3) is 5.91 Å². The van der Waals surface area contributed by atoms with Crippen LogP contribution in [0.4, 0.5) is 0 Å². The van der Waals surface area contributed by atoms with Gasteiger partial charge in [-0.05, 0) is 42.2 Å². The second-order valence-corrected chi connectivity index (χ2v) is 7.72. The quantitative estimate of drug-likeness (QED) is 0.609. The van der Waals surface area contributed by atoms with Crippen LogP contribution in [-0.2, 0) is 11.3 Å². The first kappa shape index (κ1) is 17.9. The van der Waals surface area contributed by atoms with Gasteiger partial charge in [0.15, 0.2) is 4.80 Å². The van der Waals surface area contributed by atoms with Crippen molar-refractivity contribution in [3.63, 3.8) is 0 Å². The number of ether oxygens (including phenoxy) is 1. The summed E-state index contributed by atoms with van der Waals surface area (Å²) in [6, 6.07) is 15.7. The number of hydrogen-bond donors (Lipinski definition) is 0. The van der Waals surface area contributed by atoms with E-state index < -0.39 is 0 Å². The number of fused-ring (bicyclic) bond motifs is 1. The van der Waals surface area contributed by atoms with Crippen molar-refractivity contribution in [1.82, 2.24) is 4.57 Å². The molecule has 0 aliphatic heterocycles. The predicted octanol–water partition coefficient (Wildman–Crippen LogP) is 4.20. The Labute approximate surface area is 155 Å². The van der Waals surface area contributed by atoms with Gasteiger partial charge in [0.1, 0.15) is 0 Å². The molecule has 0 fully saturated rings. The lowest BCUT2D eigenvalue weighted by molar-refractivity contribution is 0.0997. The molecule has 0 atom stereocenters. The van der Waals surface area contributed by atoms with Crippen LogP contribution < -0.4 is 4.80 Å². The fourth-order valence-electron chi connectivity index (χ4n) is 2.52. The van der Waals surface area contributed by atoms with E-state index in [4.69, 9.17) is 4.74 Å². The predicted molar refractivity (Wildman–Crippen MR) is 104 cm³/mol. The molecule has 0 aliphatic carbocycles. The van der Waals surface area contributed by atoms with E-state index in [1.54, 1.807) is 18.9 Å². The molecule has 0 spiro atoms. The lowest BCUT2D eigenvalue weighted by Gasteiger charge is -2.04. The lowest BCUT2D eigenvalue weighted by Crippen LogP contribution is -2.19. The summed E-state index contributed by atoms with van der Waals surface area (Å²) >= 11 is 3.28. The first-order valence-electron chi connectivity index (χ1n) is 8.12. The molecule has 1 amide bonds. The molecular weight excluding hydrogens is 352 g/mol. The van der Waals surface area contributed by atoms with Crippen LogP contribution in [0.25, 0.3) is 10.2 Å². The third-order valence-electron chi connectivity index (χ3n) is 3.72. The Morgan fingerprint density at radius 1 is 1.20 bits per heavy atom. The van der Waals surface area contributed by atoms with Gasteiger partial charge in [-0.2, -0.15) is 4.99 Å². The SMILES string of the molecule is CCSc1ccc(C(=O)N=c2sc3ccccc3n2CCOC)cc1. The molecule has 1 heterocycles. The Balaban J connectivity index is 1.97. The second kappa shape index (κ2) is 8.47. The van der Waals surface area contributed by atoms with Crippen LogP contribution in [0.3, 0.4) is 0 Å². The van der Waals surface area contributed by atoms with Gasteiger partial charge in [0.2, 0.25) is 0 Å². The van der Waals surface area contributed by atoms with Gasteiger partial charge >= 0.3 is 0 Å². The van der Waals surface area contributed by atoms with Gasteiger partial charge < -0.3 is 9.30 Å². The van der Waals surface area contributed by atoms with E-state index in [0.29, 0.717) is 23.5 Å². The van der Waals surface area contributed by atoms with E-state index in [0.717, 1.165) is 20.9 Å². The van der Waals surface area contributed by atoms with Crippen molar-refractivity contribution >= 4 is 39.2 Å². The normalized spacial score (nSPS) is 12.0. The fraction of sp³-hybridized carbons (Fsp3) is 0.263. The molecule has 25 heavy (non-hydrogen) atoms. The number of thiazole rings is 1. The van der Waals surface area contributed by atoms with Crippen molar-refractivity contribution in [2.75, 3.05) is 19.5 Å². The van der Waals surface area contributed by atoms with Crippen LogP contribution in [0.2, 0.25) is 0 Å². The average Bonchev–Trinajstić information content (AvgIpc) is 2.98. The van der Waals surface area contributed by atoms with Gasteiger partial charge in [-0.3, -0.25) is 4.79 Å². The standard InChI is InChI=1S/C19H20N2O2S2/c1-3-24-15-10-8-14(9-11-15)18(22)20-19-21(12-13-23-2)16-6-4-5-7-17(16)25-19/h4-11H,3,12-13H2,1-2H3. The van der Waals surface area contributed by atoms with Crippen molar-refractivity contribution in [2.45, 2.75) is 18.4 Å².